The van der Waals surface area contributed by atoms with Crippen LogP contribution >= 0.6 is 23.2 Å². The lowest BCUT2D eigenvalue weighted by Crippen LogP contribution is -2.45. The zero-order valence-corrected chi connectivity index (χ0v) is 21.7. The van der Waals surface area contributed by atoms with Crippen LogP contribution in [0.25, 0.3) is 0 Å². The van der Waals surface area contributed by atoms with Crippen LogP contribution in [0.4, 0.5) is 0 Å². The van der Waals surface area contributed by atoms with Crippen molar-refractivity contribution in [1.82, 2.24) is 10.2 Å². The van der Waals surface area contributed by atoms with Crippen molar-refractivity contribution in [2.24, 2.45) is 5.92 Å². The van der Waals surface area contributed by atoms with Crippen molar-refractivity contribution in [1.29, 1.82) is 0 Å². The minimum atomic E-state index is -0.0925. The Balaban J connectivity index is 1.26. The highest BCUT2D eigenvalue weighted by atomic mass is 35.5. The summed E-state index contributed by atoms with van der Waals surface area (Å²) in [5.41, 5.74) is 1.51. The van der Waals surface area contributed by atoms with Crippen LogP contribution in [-0.2, 0) is 11.2 Å². The normalized spacial score (nSPS) is 17.8. The van der Waals surface area contributed by atoms with Gasteiger partial charge in [0, 0.05) is 47.8 Å². The van der Waals surface area contributed by atoms with E-state index >= 15 is 0 Å². The SMILES string of the molecule is COc1ccc(C(=O)NCC2CCN(C3CCOCC3)CC2)cc1OCCc1ccc(Cl)cc1Cl. The molecular weight excluding hydrogens is 487 g/mol. The number of rotatable bonds is 9. The van der Waals surface area contributed by atoms with Crippen molar-refractivity contribution < 1.29 is 19.0 Å². The number of methoxy groups -OCH3 is 1. The largest absolute Gasteiger partial charge is 0.493 e. The number of halogens is 2. The molecule has 0 aromatic heterocycles. The fraction of sp³-hybridized carbons (Fsp3) is 0.519. The first-order valence-corrected chi connectivity index (χ1v) is 13.1. The van der Waals surface area contributed by atoms with E-state index in [9.17, 15) is 4.79 Å². The number of amides is 1. The van der Waals surface area contributed by atoms with Crippen LogP contribution in [0.1, 0.15) is 41.6 Å². The monoisotopic (exact) mass is 520 g/mol. The van der Waals surface area contributed by atoms with Gasteiger partial charge in [-0.2, -0.15) is 0 Å². The number of carbonyl (C=O) groups is 1. The van der Waals surface area contributed by atoms with Gasteiger partial charge in [-0.3, -0.25) is 4.79 Å². The Bertz CT molecular complexity index is 989. The molecule has 2 aromatic carbocycles. The lowest BCUT2D eigenvalue weighted by Gasteiger charge is -2.39. The van der Waals surface area contributed by atoms with Gasteiger partial charge in [-0.25, -0.2) is 0 Å². The molecule has 2 saturated heterocycles. The Morgan fingerprint density at radius 1 is 1.06 bits per heavy atom. The molecule has 6 nitrogen and oxygen atoms in total. The topological polar surface area (TPSA) is 60.0 Å². The lowest BCUT2D eigenvalue weighted by molar-refractivity contribution is 0.0211. The van der Waals surface area contributed by atoms with Gasteiger partial charge in [0.1, 0.15) is 0 Å². The predicted molar refractivity (Wildman–Crippen MR) is 139 cm³/mol. The third-order valence-electron chi connectivity index (χ3n) is 6.98. The summed E-state index contributed by atoms with van der Waals surface area (Å²) >= 11 is 12.2. The molecule has 2 heterocycles. The smallest absolute Gasteiger partial charge is 0.251 e. The molecule has 0 radical (unpaired) electrons. The number of hydrogen-bond donors (Lipinski definition) is 1. The van der Waals surface area contributed by atoms with Gasteiger partial charge in [-0.05, 0) is 80.6 Å². The molecule has 190 valence electrons. The van der Waals surface area contributed by atoms with Gasteiger partial charge < -0.3 is 24.4 Å². The maximum absolute atomic E-state index is 12.9. The second-order valence-electron chi connectivity index (χ2n) is 9.23. The van der Waals surface area contributed by atoms with E-state index in [1.165, 1.54) is 0 Å². The van der Waals surface area contributed by atoms with E-state index in [0.29, 0.717) is 58.6 Å². The molecule has 2 aliphatic heterocycles. The Morgan fingerprint density at radius 2 is 1.83 bits per heavy atom. The molecule has 0 aliphatic carbocycles. The number of nitrogens with zero attached hydrogens (tertiary/aromatic N) is 1. The molecule has 0 spiro atoms. The van der Waals surface area contributed by atoms with E-state index in [-0.39, 0.29) is 5.91 Å². The molecule has 2 aliphatic rings. The first kappa shape index (κ1) is 26.1. The lowest BCUT2D eigenvalue weighted by atomic mass is 9.94. The van der Waals surface area contributed by atoms with Gasteiger partial charge >= 0.3 is 0 Å². The van der Waals surface area contributed by atoms with Gasteiger partial charge in [0.05, 0.1) is 13.7 Å². The van der Waals surface area contributed by atoms with Crippen LogP contribution in [0.15, 0.2) is 36.4 Å². The summed E-state index contributed by atoms with van der Waals surface area (Å²) in [4.78, 5) is 15.5. The molecule has 8 heteroatoms. The number of nitrogens with one attached hydrogen (secondary N) is 1. The van der Waals surface area contributed by atoms with Crippen LogP contribution < -0.4 is 14.8 Å². The zero-order chi connectivity index (χ0) is 24.6. The van der Waals surface area contributed by atoms with Gasteiger partial charge in [0.25, 0.3) is 5.91 Å². The molecule has 1 N–H and O–H groups in total. The van der Waals surface area contributed by atoms with Crippen LogP contribution in [0.3, 0.4) is 0 Å². The summed E-state index contributed by atoms with van der Waals surface area (Å²) in [7, 11) is 1.59. The highest BCUT2D eigenvalue weighted by Crippen LogP contribution is 2.29. The van der Waals surface area contributed by atoms with Crippen LogP contribution in [0.2, 0.25) is 10.0 Å². The zero-order valence-electron chi connectivity index (χ0n) is 20.2. The minimum absolute atomic E-state index is 0.0925. The van der Waals surface area contributed by atoms with Crippen LogP contribution in [0, 0.1) is 5.92 Å². The number of piperidine rings is 1. The number of likely N-dealkylation sites (tertiary alicyclic amines) is 1. The van der Waals surface area contributed by atoms with Crippen molar-refractivity contribution in [3.8, 4) is 11.5 Å². The maximum Gasteiger partial charge on any atom is 0.251 e. The Morgan fingerprint density at radius 3 is 2.54 bits per heavy atom. The van der Waals surface area contributed by atoms with Crippen molar-refractivity contribution in [3.63, 3.8) is 0 Å². The average Bonchev–Trinajstić information content (AvgIpc) is 2.89. The summed E-state index contributed by atoms with van der Waals surface area (Å²) in [5, 5.41) is 4.33. The molecule has 0 saturated carbocycles. The molecule has 1 amide bonds. The molecule has 2 fully saturated rings. The molecule has 4 rings (SSSR count). The average molecular weight is 521 g/mol. The summed E-state index contributed by atoms with van der Waals surface area (Å²) < 4.78 is 16.9. The summed E-state index contributed by atoms with van der Waals surface area (Å²) in [6, 6.07) is 11.4. The van der Waals surface area contributed by atoms with Gasteiger partial charge in [-0.1, -0.05) is 29.3 Å². The van der Waals surface area contributed by atoms with Crippen molar-refractivity contribution in [2.45, 2.75) is 38.1 Å². The fourth-order valence-corrected chi connectivity index (χ4v) is 5.34. The second-order valence-corrected chi connectivity index (χ2v) is 10.1. The van der Waals surface area contributed by atoms with E-state index in [4.69, 9.17) is 37.4 Å². The second kappa shape index (κ2) is 12.8. The molecule has 0 atom stereocenters. The van der Waals surface area contributed by atoms with Crippen molar-refractivity contribution in [2.75, 3.05) is 46.6 Å². The maximum atomic E-state index is 12.9. The Labute approximate surface area is 217 Å². The number of ether oxygens (including phenoxy) is 3. The van der Waals surface area contributed by atoms with Crippen LogP contribution in [0.5, 0.6) is 11.5 Å². The standard InChI is InChI=1S/C27H34Cl2N2O4/c1-33-25-5-3-21(16-26(25)35-15-8-20-2-4-22(28)17-24(20)29)27(32)30-18-19-6-11-31(12-7-19)23-9-13-34-14-10-23/h2-5,16-17,19,23H,6-15,18H2,1H3,(H,30,32). The first-order chi connectivity index (χ1) is 17.0. The summed E-state index contributed by atoms with van der Waals surface area (Å²) in [6.07, 6.45) is 5.11. The highest BCUT2D eigenvalue weighted by molar-refractivity contribution is 6.35. The summed E-state index contributed by atoms with van der Waals surface area (Å²) in [5.74, 6) is 1.54. The molecular formula is C27H34Cl2N2O4. The third kappa shape index (κ3) is 7.26. The fourth-order valence-electron chi connectivity index (χ4n) is 4.84. The van der Waals surface area contributed by atoms with Crippen molar-refractivity contribution >= 4 is 29.1 Å². The predicted octanol–water partition coefficient (Wildman–Crippen LogP) is 5.24. The molecule has 2 aromatic rings. The Hall–Kier alpha value is -1.99. The summed E-state index contributed by atoms with van der Waals surface area (Å²) in [6.45, 7) is 5.05. The highest BCUT2D eigenvalue weighted by Gasteiger charge is 2.26. The Kier molecular flexibility index (Phi) is 9.55. The number of carbonyl (C=O) groups excluding carboxylic acids is 1. The van der Waals surface area contributed by atoms with E-state index in [1.54, 1.807) is 31.4 Å². The first-order valence-electron chi connectivity index (χ1n) is 12.4. The third-order valence-corrected chi connectivity index (χ3v) is 7.56. The molecule has 0 unspecified atom stereocenters. The minimum Gasteiger partial charge on any atom is -0.493 e. The van der Waals surface area contributed by atoms with Gasteiger partial charge in [0.15, 0.2) is 11.5 Å². The quantitative estimate of drug-likeness (QED) is 0.489. The molecule has 35 heavy (non-hydrogen) atoms. The van der Waals surface area contributed by atoms with E-state index in [0.717, 1.165) is 57.6 Å². The van der Waals surface area contributed by atoms with Gasteiger partial charge in [0.2, 0.25) is 0 Å². The van der Waals surface area contributed by atoms with E-state index in [1.807, 2.05) is 12.1 Å². The molecule has 0 bridgehead atoms. The van der Waals surface area contributed by atoms with Crippen molar-refractivity contribution in [3.05, 3.63) is 57.6 Å². The van der Waals surface area contributed by atoms with E-state index in [2.05, 4.69) is 10.2 Å². The van der Waals surface area contributed by atoms with Gasteiger partial charge in [-0.15, -0.1) is 0 Å². The number of benzene rings is 2. The van der Waals surface area contributed by atoms with Crippen LogP contribution in [-0.4, -0.2) is 63.4 Å². The van der Waals surface area contributed by atoms with E-state index < -0.39 is 0 Å². The number of hydrogen-bond acceptors (Lipinski definition) is 5.